The molecule has 1 amide bonds. The summed E-state index contributed by atoms with van der Waals surface area (Å²) in [5.41, 5.74) is 5.88. The molecule has 0 saturated carbocycles. The molecule has 0 saturated heterocycles. The van der Waals surface area contributed by atoms with Crippen LogP contribution in [0.1, 0.15) is 12.6 Å². The molecular weight excluding hydrogens is 202 g/mol. The van der Waals surface area contributed by atoms with E-state index in [0.29, 0.717) is 5.13 Å². The lowest BCUT2D eigenvalue weighted by molar-refractivity contribution is -0.125. The maximum atomic E-state index is 10.5. The van der Waals surface area contributed by atoms with Crippen LogP contribution in [-0.4, -0.2) is 28.6 Å². The second-order valence-corrected chi connectivity index (χ2v) is 3.65. The zero-order chi connectivity index (χ0) is 10.6. The Balaban J connectivity index is 2.41. The molecule has 5 nitrogen and oxygen atoms in total. The van der Waals surface area contributed by atoms with Crippen molar-refractivity contribution in [3.8, 4) is 0 Å². The topological polar surface area (TPSA) is 88.2 Å². The van der Waals surface area contributed by atoms with Gasteiger partial charge in [0.15, 0.2) is 5.13 Å². The number of aliphatic hydroxyl groups excluding tert-OH is 1. The number of nitrogens with two attached hydrogens (primary N) is 1. The van der Waals surface area contributed by atoms with Gasteiger partial charge in [-0.3, -0.25) is 4.79 Å². The summed E-state index contributed by atoms with van der Waals surface area (Å²) in [5, 5.41) is 14.6. The van der Waals surface area contributed by atoms with Crippen molar-refractivity contribution < 1.29 is 9.90 Å². The number of nitrogens with one attached hydrogen (secondary N) is 1. The number of nitrogens with zero attached hydrogens (tertiary/aromatic N) is 1. The summed E-state index contributed by atoms with van der Waals surface area (Å²) in [6.45, 7) is 2.11. The van der Waals surface area contributed by atoms with E-state index in [1.54, 1.807) is 0 Å². The molecule has 4 N–H and O–H groups in total. The SMILES string of the molecule is CCc1csc(NCC(O)C(N)=O)n1. The van der Waals surface area contributed by atoms with Gasteiger partial charge >= 0.3 is 0 Å². The predicted octanol–water partition coefficient (Wildman–Crippen LogP) is -0.0364. The van der Waals surface area contributed by atoms with Crippen molar-refractivity contribution in [1.29, 1.82) is 0 Å². The van der Waals surface area contributed by atoms with Crippen molar-refractivity contribution in [2.45, 2.75) is 19.4 Å². The van der Waals surface area contributed by atoms with E-state index in [1.165, 1.54) is 11.3 Å². The third-order valence-corrected chi connectivity index (χ3v) is 2.54. The van der Waals surface area contributed by atoms with Crippen LogP contribution in [0.15, 0.2) is 5.38 Å². The number of aliphatic hydroxyl groups is 1. The Labute approximate surface area is 86.0 Å². The molecule has 1 aromatic heterocycles. The molecule has 14 heavy (non-hydrogen) atoms. The Morgan fingerprint density at radius 2 is 2.57 bits per heavy atom. The maximum Gasteiger partial charge on any atom is 0.248 e. The molecule has 0 fully saturated rings. The van der Waals surface area contributed by atoms with Crippen molar-refractivity contribution >= 4 is 22.4 Å². The highest BCUT2D eigenvalue weighted by Gasteiger charge is 2.10. The summed E-state index contributed by atoms with van der Waals surface area (Å²) in [7, 11) is 0. The molecule has 1 rings (SSSR count). The van der Waals surface area contributed by atoms with Gasteiger partial charge in [0.25, 0.3) is 0 Å². The van der Waals surface area contributed by atoms with E-state index in [0.717, 1.165) is 12.1 Å². The maximum absolute atomic E-state index is 10.5. The van der Waals surface area contributed by atoms with E-state index >= 15 is 0 Å². The number of carbonyl (C=O) groups is 1. The minimum absolute atomic E-state index is 0.103. The molecule has 0 bridgehead atoms. The number of rotatable bonds is 5. The number of carbonyl (C=O) groups excluding carboxylic acids is 1. The number of anilines is 1. The minimum Gasteiger partial charge on any atom is -0.381 e. The number of thiazole rings is 1. The van der Waals surface area contributed by atoms with Crippen LogP contribution in [-0.2, 0) is 11.2 Å². The van der Waals surface area contributed by atoms with Crippen molar-refractivity contribution in [3.05, 3.63) is 11.1 Å². The van der Waals surface area contributed by atoms with Crippen LogP contribution in [0.4, 0.5) is 5.13 Å². The normalized spacial score (nSPS) is 12.4. The molecule has 0 spiro atoms. The fraction of sp³-hybridized carbons (Fsp3) is 0.500. The van der Waals surface area contributed by atoms with Crippen molar-refractivity contribution in [2.24, 2.45) is 5.73 Å². The number of aryl methyl sites for hydroxylation is 1. The largest absolute Gasteiger partial charge is 0.381 e. The zero-order valence-electron chi connectivity index (χ0n) is 7.86. The van der Waals surface area contributed by atoms with Gasteiger partial charge in [0.2, 0.25) is 5.91 Å². The summed E-state index contributed by atoms with van der Waals surface area (Å²) in [6, 6.07) is 0. The quantitative estimate of drug-likeness (QED) is 0.643. The van der Waals surface area contributed by atoms with Gasteiger partial charge in [-0.25, -0.2) is 4.98 Å². The van der Waals surface area contributed by atoms with Gasteiger partial charge in [-0.05, 0) is 6.42 Å². The van der Waals surface area contributed by atoms with Gasteiger partial charge in [-0.2, -0.15) is 0 Å². The molecule has 1 atom stereocenters. The van der Waals surface area contributed by atoms with Crippen LogP contribution < -0.4 is 11.1 Å². The van der Waals surface area contributed by atoms with E-state index in [1.807, 2.05) is 12.3 Å². The van der Waals surface area contributed by atoms with Crippen LogP contribution in [0.2, 0.25) is 0 Å². The average molecular weight is 215 g/mol. The molecule has 0 aromatic carbocycles. The monoisotopic (exact) mass is 215 g/mol. The predicted molar refractivity (Wildman–Crippen MR) is 55.2 cm³/mol. The first kappa shape index (κ1) is 10.9. The Bertz CT molecular complexity index is 313. The van der Waals surface area contributed by atoms with Crippen LogP contribution in [0.25, 0.3) is 0 Å². The van der Waals surface area contributed by atoms with Crippen LogP contribution in [0.3, 0.4) is 0 Å². The Hall–Kier alpha value is -1.14. The van der Waals surface area contributed by atoms with Crippen molar-refractivity contribution in [3.63, 3.8) is 0 Å². The van der Waals surface area contributed by atoms with E-state index < -0.39 is 12.0 Å². The summed E-state index contributed by atoms with van der Waals surface area (Å²) in [4.78, 5) is 14.7. The molecule has 0 aliphatic rings. The van der Waals surface area contributed by atoms with Crippen molar-refractivity contribution in [1.82, 2.24) is 4.98 Å². The molecule has 1 heterocycles. The smallest absolute Gasteiger partial charge is 0.248 e. The standard InChI is InChI=1S/C8H13N3O2S/c1-2-5-4-14-8(11-5)10-3-6(12)7(9)13/h4,6,12H,2-3H2,1H3,(H2,9,13)(H,10,11). The highest BCUT2D eigenvalue weighted by molar-refractivity contribution is 7.13. The summed E-state index contributed by atoms with van der Waals surface area (Å²) < 4.78 is 0. The molecule has 1 aromatic rings. The van der Waals surface area contributed by atoms with E-state index in [9.17, 15) is 4.79 Å². The van der Waals surface area contributed by atoms with Gasteiger partial charge < -0.3 is 16.2 Å². The number of amides is 1. The van der Waals surface area contributed by atoms with E-state index in [4.69, 9.17) is 10.8 Å². The first-order valence-electron chi connectivity index (χ1n) is 4.29. The van der Waals surface area contributed by atoms with Crippen LogP contribution in [0.5, 0.6) is 0 Å². The summed E-state index contributed by atoms with van der Waals surface area (Å²) >= 11 is 1.44. The lowest BCUT2D eigenvalue weighted by atomic mass is 10.3. The molecule has 78 valence electrons. The van der Waals surface area contributed by atoms with Gasteiger partial charge in [-0.1, -0.05) is 6.92 Å². The van der Waals surface area contributed by atoms with E-state index in [2.05, 4.69) is 10.3 Å². The lowest BCUT2D eigenvalue weighted by Gasteiger charge is -2.06. The summed E-state index contributed by atoms with van der Waals surface area (Å²) in [6.07, 6.45) is -0.291. The number of hydrogen-bond acceptors (Lipinski definition) is 5. The third-order valence-electron chi connectivity index (χ3n) is 1.69. The Morgan fingerprint density at radius 1 is 1.86 bits per heavy atom. The van der Waals surface area contributed by atoms with Gasteiger partial charge in [0.1, 0.15) is 6.10 Å². The van der Waals surface area contributed by atoms with E-state index in [-0.39, 0.29) is 6.54 Å². The fourth-order valence-corrected chi connectivity index (χ4v) is 1.64. The van der Waals surface area contributed by atoms with Crippen LogP contribution in [0, 0.1) is 0 Å². The second-order valence-electron chi connectivity index (χ2n) is 2.80. The molecule has 1 unspecified atom stereocenters. The summed E-state index contributed by atoms with van der Waals surface area (Å²) in [5.74, 6) is -0.732. The minimum atomic E-state index is -1.16. The molecule has 0 aliphatic carbocycles. The lowest BCUT2D eigenvalue weighted by Crippen LogP contribution is -2.34. The third kappa shape index (κ3) is 2.97. The van der Waals surface area contributed by atoms with Crippen LogP contribution >= 0.6 is 11.3 Å². The first-order chi connectivity index (χ1) is 6.63. The Kier molecular flexibility index (Phi) is 3.84. The van der Waals surface area contributed by atoms with Gasteiger partial charge in [0.05, 0.1) is 12.2 Å². The zero-order valence-corrected chi connectivity index (χ0v) is 8.67. The molecular formula is C8H13N3O2S. The van der Waals surface area contributed by atoms with Gasteiger partial charge in [-0.15, -0.1) is 11.3 Å². The average Bonchev–Trinajstić information content (AvgIpc) is 2.61. The number of hydrogen-bond donors (Lipinski definition) is 3. The fourth-order valence-electron chi connectivity index (χ4n) is 0.835. The molecule has 0 aliphatic heterocycles. The second kappa shape index (κ2) is 4.92. The molecule has 0 radical (unpaired) electrons. The van der Waals surface area contributed by atoms with Crippen molar-refractivity contribution in [2.75, 3.05) is 11.9 Å². The highest BCUT2D eigenvalue weighted by atomic mass is 32.1. The van der Waals surface area contributed by atoms with Gasteiger partial charge in [0, 0.05) is 5.38 Å². The Morgan fingerprint density at radius 3 is 3.07 bits per heavy atom. The highest BCUT2D eigenvalue weighted by Crippen LogP contribution is 2.15. The number of aromatic nitrogens is 1. The molecule has 6 heteroatoms. The number of primary amides is 1. The first-order valence-corrected chi connectivity index (χ1v) is 5.17.